The molecule has 0 unspecified atom stereocenters. The van der Waals surface area contributed by atoms with E-state index in [1.165, 1.54) is 0 Å². The van der Waals surface area contributed by atoms with Crippen LogP contribution in [0.25, 0.3) is 10.9 Å². The van der Waals surface area contributed by atoms with E-state index < -0.39 is 0 Å². The van der Waals surface area contributed by atoms with Gasteiger partial charge in [0, 0.05) is 18.6 Å². The van der Waals surface area contributed by atoms with Crippen LogP contribution < -0.4 is 10.6 Å². The minimum Gasteiger partial charge on any atom is -0.341 e. The fourth-order valence-electron chi connectivity index (χ4n) is 1.42. The molecular formula is C11H10ClN3O. The number of pyridine rings is 1. The normalized spacial score (nSPS) is 10.1. The Bertz CT molecular complexity index is 542. The first-order valence-electron chi connectivity index (χ1n) is 4.74. The van der Waals surface area contributed by atoms with Crippen molar-refractivity contribution < 1.29 is 4.79 Å². The summed E-state index contributed by atoms with van der Waals surface area (Å²) in [5.74, 6) is 0. The molecule has 0 spiro atoms. The van der Waals surface area contributed by atoms with Crippen molar-refractivity contribution in [3.05, 3.63) is 35.5 Å². The maximum atomic E-state index is 11.2. The van der Waals surface area contributed by atoms with Gasteiger partial charge < -0.3 is 10.6 Å². The first-order chi connectivity index (χ1) is 7.72. The number of aromatic nitrogens is 1. The van der Waals surface area contributed by atoms with Crippen LogP contribution in [-0.2, 0) is 0 Å². The topological polar surface area (TPSA) is 54.0 Å². The Morgan fingerprint density at radius 3 is 2.94 bits per heavy atom. The fourth-order valence-corrected chi connectivity index (χ4v) is 1.64. The van der Waals surface area contributed by atoms with Gasteiger partial charge in [-0.2, -0.15) is 0 Å². The Morgan fingerprint density at radius 2 is 2.19 bits per heavy atom. The lowest BCUT2D eigenvalue weighted by Gasteiger charge is -2.08. The van der Waals surface area contributed by atoms with Crippen molar-refractivity contribution >= 4 is 34.2 Å². The lowest BCUT2D eigenvalue weighted by Crippen LogP contribution is -2.24. The number of carbonyl (C=O) groups excluding carboxylic acids is 1. The van der Waals surface area contributed by atoms with Crippen molar-refractivity contribution in [3.63, 3.8) is 0 Å². The molecule has 0 aliphatic heterocycles. The van der Waals surface area contributed by atoms with Gasteiger partial charge in [-0.25, -0.2) is 4.79 Å². The van der Waals surface area contributed by atoms with Gasteiger partial charge in [0.25, 0.3) is 0 Å². The number of halogens is 1. The van der Waals surface area contributed by atoms with Gasteiger partial charge in [0.2, 0.25) is 0 Å². The molecule has 0 aliphatic carbocycles. The molecule has 0 saturated heterocycles. The van der Waals surface area contributed by atoms with Gasteiger partial charge in [0.05, 0.1) is 16.2 Å². The number of fused-ring (bicyclic) bond motifs is 1. The summed E-state index contributed by atoms with van der Waals surface area (Å²) in [5.41, 5.74) is 1.32. The van der Waals surface area contributed by atoms with Crippen molar-refractivity contribution in [2.24, 2.45) is 0 Å². The Labute approximate surface area is 97.6 Å². The zero-order valence-electron chi connectivity index (χ0n) is 8.62. The van der Waals surface area contributed by atoms with Crippen LogP contribution in [0.2, 0.25) is 5.02 Å². The third-order valence-electron chi connectivity index (χ3n) is 2.19. The number of rotatable bonds is 1. The van der Waals surface area contributed by atoms with Crippen molar-refractivity contribution in [2.45, 2.75) is 0 Å². The molecule has 0 atom stereocenters. The van der Waals surface area contributed by atoms with Gasteiger partial charge in [-0.3, -0.25) is 4.98 Å². The number of anilines is 1. The number of nitrogens with zero attached hydrogens (tertiary/aromatic N) is 1. The third kappa shape index (κ3) is 1.92. The first-order valence-corrected chi connectivity index (χ1v) is 5.12. The fraction of sp³-hybridized carbons (Fsp3) is 0.0909. The van der Waals surface area contributed by atoms with E-state index in [9.17, 15) is 4.79 Å². The van der Waals surface area contributed by atoms with Crippen molar-refractivity contribution in [1.29, 1.82) is 0 Å². The molecule has 1 heterocycles. The number of hydrogen-bond donors (Lipinski definition) is 2. The number of carbonyl (C=O) groups is 1. The van der Waals surface area contributed by atoms with Gasteiger partial charge in [-0.05, 0) is 24.3 Å². The van der Waals surface area contributed by atoms with E-state index >= 15 is 0 Å². The molecule has 2 N–H and O–H groups in total. The van der Waals surface area contributed by atoms with Crippen molar-refractivity contribution in [1.82, 2.24) is 10.3 Å². The maximum Gasteiger partial charge on any atom is 0.319 e. The molecule has 0 fully saturated rings. The SMILES string of the molecule is CNC(=O)Nc1ccc(Cl)c2cccnc12. The smallest absolute Gasteiger partial charge is 0.319 e. The average molecular weight is 236 g/mol. The van der Waals surface area contributed by atoms with E-state index in [1.54, 1.807) is 31.4 Å². The number of hydrogen-bond acceptors (Lipinski definition) is 2. The van der Waals surface area contributed by atoms with E-state index in [2.05, 4.69) is 15.6 Å². The molecule has 4 nitrogen and oxygen atoms in total. The minimum absolute atomic E-state index is 0.283. The van der Waals surface area contributed by atoms with Crippen LogP contribution in [0.1, 0.15) is 0 Å². The molecule has 0 aliphatic rings. The number of urea groups is 1. The second-order valence-electron chi connectivity index (χ2n) is 3.20. The molecule has 0 radical (unpaired) electrons. The summed E-state index contributed by atoms with van der Waals surface area (Å²) >= 11 is 6.03. The molecule has 1 aromatic heterocycles. The van der Waals surface area contributed by atoms with Gasteiger partial charge in [0.1, 0.15) is 0 Å². The molecule has 2 aromatic rings. The molecule has 5 heteroatoms. The van der Waals surface area contributed by atoms with Crippen LogP contribution in [0, 0.1) is 0 Å². The Balaban J connectivity index is 2.54. The highest BCUT2D eigenvalue weighted by Gasteiger charge is 2.07. The standard InChI is InChI=1S/C11H10ClN3O/c1-13-11(16)15-9-5-4-8(12)7-3-2-6-14-10(7)9/h2-6H,1H3,(H2,13,15,16). The van der Waals surface area contributed by atoms with E-state index in [0.717, 1.165) is 5.39 Å². The molecule has 2 rings (SSSR count). The predicted molar refractivity (Wildman–Crippen MR) is 64.8 cm³/mol. The highest BCUT2D eigenvalue weighted by atomic mass is 35.5. The lowest BCUT2D eigenvalue weighted by molar-refractivity contribution is 0.254. The molecule has 0 saturated carbocycles. The van der Waals surface area contributed by atoms with Crippen LogP contribution in [-0.4, -0.2) is 18.1 Å². The summed E-state index contributed by atoms with van der Waals surface area (Å²) in [4.78, 5) is 15.4. The number of amides is 2. The quantitative estimate of drug-likeness (QED) is 0.798. The summed E-state index contributed by atoms with van der Waals surface area (Å²) in [6.07, 6.45) is 1.66. The van der Waals surface area contributed by atoms with Crippen molar-refractivity contribution in [3.8, 4) is 0 Å². The Hall–Kier alpha value is -1.81. The second-order valence-corrected chi connectivity index (χ2v) is 3.61. The van der Waals surface area contributed by atoms with Crippen LogP contribution in [0.5, 0.6) is 0 Å². The highest BCUT2D eigenvalue weighted by Crippen LogP contribution is 2.27. The van der Waals surface area contributed by atoms with E-state index in [4.69, 9.17) is 11.6 Å². The van der Waals surface area contributed by atoms with Crippen molar-refractivity contribution in [2.75, 3.05) is 12.4 Å². The minimum atomic E-state index is -0.283. The zero-order chi connectivity index (χ0) is 11.5. The molecule has 82 valence electrons. The third-order valence-corrected chi connectivity index (χ3v) is 2.52. The lowest BCUT2D eigenvalue weighted by atomic mass is 10.2. The summed E-state index contributed by atoms with van der Waals surface area (Å²) in [5, 5.41) is 6.61. The maximum absolute atomic E-state index is 11.2. The van der Waals surface area contributed by atoms with Gasteiger partial charge in [-0.1, -0.05) is 11.6 Å². The molecular weight excluding hydrogens is 226 g/mol. The predicted octanol–water partition coefficient (Wildman–Crippen LogP) is 2.64. The van der Waals surface area contributed by atoms with Crippen LogP contribution >= 0.6 is 11.6 Å². The molecule has 2 amide bonds. The van der Waals surface area contributed by atoms with Gasteiger partial charge in [0.15, 0.2) is 0 Å². The average Bonchev–Trinajstić information content (AvgIpc) is 2.33. The first kappa shape index (κ1) is 10.7. The summed E-state index contributed by atoms with van der Waals surface area (Å²) < 4.78 is 0. The zero-order valence-corrected chi connectivity index (χ0v) is 9.38. The Morgan fingerprint density at radius 1 is 1.38 bits per heavy atom. The summed E-state index contributed by atoms with van der Waals surface area (Å²) in [6, 6.07) is 6.84. The summed E-state index contributed by atoms with van der Waals surface area (Å²) in [6.45, 7) is 0. The molecule has 0 bridgehead atoms. The number of benzene rings is 1. The second kappa shape index (κ2) is 4.37. The van der Waals surface area contributed by atoms with Gasteiger partial charge >= 0.3 is 6.03 Å². The number of nitrogens with one attached hydrogen (secondary N) is 2. The molecule has 16 heavy (non-hydrogen) atoms. The van der Waals surface area contributed by atoms with E-state index in [1.807, 2.05) is 6.07 Å². The highest BCUT2D eigenvalue weighted by molar-refractivity contribution is 6.35. The largest absolute Gasteiger partial charge is 0.341 e. The van der Waals surface area contributed by atoms with Gasteiger partial charge in [-0.15, -0.1) is 0 Å². The van der Waals surface area contributed by atoms with E-state index in [-0.39, 0.29) is 6.03 Å². The monoisotopic (exact) mass is 235 g/mol. The molecule has 1 aromatic carbocycles. The Kier molecular flexibility index (Phi) is 2.92. The van der Waals surface area contributed by atoms with Crippen LogP contribution in [0.15, 0.2) is 30.5 Å². The van der Waals surface area contributed by atoms with Crippen LogP contribution in [0.3, 0.4) is 0 Å². The summed E-state index contributed by atoms with van der Waals surface area (Å²) in [7, 11) is 1.56. The van der Waals surface area contributed by atoms with Crippen LogP contribution in [0.4, 0.5) is 10.5 Å². The van der Waals surface area contributed by atoms with E-state index in [0.29, 0.717) is 16.2 Å².